The first-order valence-electron chi connectivity index (χ1n) is 10.4. The highest BCUT2D eigenvalue weighted by Crippen LogP contribution is 2.35. The van der Waals surface area contributed by atoms with Gasteiger partial charge in [-0.15, -0.1) is 21.5 Å². The van der Waals surface area contributed by atoms with E-state index in [9.17, 15) is 0 Å². The van der Waals surface area contributed by atoms with Crippen molar-refractivity contribution >= 4 is 33.9 Å². The molecule has 2 aromatic carbocycles. The summed E-state index contributed by atoms with van der Waals surface area (Å²) in [5.41, 5.74) is 1.37. The average Bonchev–Trinajstić information content (AvgIpc) is 3.43. The van der Waals surface area contributed by atoms with Gasteiger partial charge in [0.25, 0.3) is 0 Å². The molecule has 0 spiro atoms. The van der Waals surface area contributed by atoms with Crippen LogP contribution in [0.1, 0.15) is 54.4 Å². The van der Waals surface area contributed by atoms with Crippen molar-refractivity contribution in [3.63, 3.8) is 0 Å². The fourth-order valence-corrected chi connectivity index (χ4v) is 6.09. The van der Waals surface area contributed by atoms with Gasteiger partial charge in [-0.2, -0.15) is 0 Å². The first-order chi connectivity index (χ1) is 14.4. The molecule has 0 bridgehead atoms. The third-order valence-corrected chi connectivity index (χ3v) is 7.69. The molecule has 0 aliphatic heterocycles. The topological polar surface area (TPSA) is 30.7 Å². The number of rotatable bonds is 6. The first-order valence-corrected chi connectivity index (χ1v) is 12.3. The molecular formula is C24H25N3S2. The maximum Gasteiger partial charge on any atom is 0.191 e. The van der Waals surface area contributed by atoms with E-state index in [2.05, 4.69) is 74.7 Å². The molecule has 5 heteroatoms. The van der Waals surface area contributed by atoms with E-state index in [4.69, 9.17) is 0 Å². The molecule has 4 aromatic rings. The number of hydrogen-bond donors (Lipinski definition) is 0. The van der Waals surface area contributed by atoms with Gasteiger partial charge in [0.1, 0.15) is 5.82 Å². The van der Waals surface area contributed by atoms with Crippen molar-refractivity contribution in [2.24, 2.45) is 0 Å². The van der Waals surface area contributed by atoms with E-state index in [-0.39, 0.29) is 0 Å². The molecule has 2 aromatic heterocycles. The Labute approximate surface area is 180 Å². The Morgan fingerprint density at radius 3 is 2.66 bits per heavy atom. The van der Waals surface area contributed by atoms with Crippen molar-refractivity contribution in [1.29, 1.82) is 0 Å². The van der Waals surface area contributed by atoms with Gasteiger partial charge in [0, 0.05) is 23.1 Å². The van der Waals surface area contributed by atoms with Gasteiger partial charge < -0.3 is 4.57 Å². The highest BCUT2D eigenvalue weighted by molar-refractivity contribution is 7.98. The monoisotopic (exact) mass is 419 g/mol. The van der Waals surface area contributed by atoms with Gasteiger partial charge in [-0.05, 0) is 40.6 Å². The maximum absolute atomic E-state index is 4.65. The number of hydrogen-bond acceptors (Lipinski definition) is 4. The summed E-state index contributed by atoms with van der Waals surface area (Å²) in [7, 11) is 0. The van der Waals surface area contributed by atoms with Gasteiger partial charge in [-0.1, -0.05) is 79.6 Å². The summed E-state index contributed by atoms with van der Waals surface area (Å²) in [4.78, 5) is 1.36. The summed E-state index contributed by atoms with van der Waals surface area (Å²) in [5.74, 6) is 2.05. The molecule has 1 saturated carbocycles. The standard InChI is InChI=1S/C24H25N3S2/c1-2-11-20(12-3-1)27-23(16-21-13-7-15-28-21)25-26-24(27)29-17-19-10-6-9-18-8-4-5-14-22(18)19/h4-10,13-15,20H,1-3,11-12,16-17H2. The fourth-order valence-electron chi connectivity index (χ4n) is 4.36. The lowest BCUT2D eigenvalue weighted by Gasteiger charge is -2.25. The van der Waals surface area contributed by atoms with Crippen LogP contribution in [-0.4, -0.2) is 14.8 Å². The second-order valence-electron chi connectivity index (χ2n) is 7.74. The Bertz CT molecular complexity index is 1070. The molecule has 0 amide bonds. The molecule has 0 N–H and O–H groups in total. The van der Waals surface area contributed by atoms with Crippen molar-refractivity contribution in [1.82, 2.24) is 14.8 Å². The molecule has 0 unspecified atom stereocenters. The minimum absolute atomic E-state index is 0.545. The molecule has 0 radical (unpaired) electrons. The minimum atomic E-state index is 0.545. The third-order valence-electron chi connectivity index (χ3n) is 5.82. The second-order valence-corrected chi connectivity index (χ2v) is 9.72. The molecule has 5 rings (SSSR count). The lowest BCUT2D eigenvalue weighted by Crippen LogP contribution is -2.16. The van der Waals surface area contributed by atoms with Crippen LogP contribution in [0.25, 0.3) is 10.8 Å². The minimum Gasteiger partial charge on any atom is -0.303 e. The van der Waals surface area contributed by atoms with E-state index in [1.54, 1.807) is 11.3 Å². The van der Waals surface area contributed by atoms with Crippen molar-refractivity contribution in [3.05, 3.63) is 76.2 Å². The summed E-state index contributed by atoms with van der Waals surface area (Å²) in [5, 5.41) is 15.2. The highest BCUT2D eigenvalue weighted by atomic mass is 32.2. The highest BCUT2D eigenvalue weighted by Gasteiger charge is 2.23. The lowest BCUT2D eigenvalue weighted by molar-refractivity contribution is 0.330. The molecule has 148 valence electrons. The SMILES string of the molecule is c1csc(Cc2nnc(SCc3cccc4ccccc34)n2C2CCCCC2)c1. The van der Waals surface area contributed by atoms with Crippen molar-refractivity contribution in [2.45, 2.75) is 55.5 Å². The zero-order valence-electron chi connectivity index (χ0n) is 16.5. The van der Waals surface area contributed by atoms with Gasteiger partial charge in [0.05, 0.1) is 0 Å². The maximum atomic E-state index is 4.65. The molecule has 1 aliphatic rings. The average molecular weight is 420 g/mol. The quantitative estimate of drug-likeness (QED) is 0.319. The van der Waals surface area contributed by atoms with Crippen LogP contribution in [-0.2, 0) is 12.2 Å². The fraction of sp³-hybridized carbons (Fsp3) is 0.333. The van der Waals surface area contributed by atoms with E-state index in [1.807, 2.05) is 11.8 Å². The van der Waals surface area contributed by atoms with Crippen LogP contribution in [0.2, 0.25) is 0 Å². The molecule has 0 saturated heterocycles. The number of fused-ring (bicyclic) bond motifs is 1. The molecule has 3 nitrogen and oxygen atoms in total. The number of benzene rings is 2. The Morgan fingerprint density at radius 2 is 1.79 bits per heavy atom. The summed E-state index contributed by atoms with van der Waals surface area (Å²) >= 11 is 3.64. The van der Waals surface area contributed by atoms with E-state index >= 15 is 0 Å². The number of thioether (sulfide) groups is 1. The summed E-state index contributed by atoms with van der Waals surface area (Å²) in [6, 6.07) is 20.1. The van der Waals surface area contributed by atoms with Crippen LogP contribution in [0.3, 0.4) is 0 Å². The van der Waals surface area contributed by atoms with E-state index in [1.165, 1.54) is 53.3 Å². The zero-order chi connectivity index (χ0) is 19.5. The zero-order valence-corrected chi connectivity index (χ0v) is 18.1. The number of thiophene rings is 1. The van der Waals surface area contributed by atoms with Gasteiger partial charge in [0.15, 0.2) is 5.16 Å². The van der Waals surface area contributed by atoms with Crippen molar-refractivity contribution in [3.8, 4) is 0 Å². The van der Waals surface area contributed by atoms with Crippen LogP contribution >= 0.6 is 23.1 Å². The first kappa shape index (κ1) is 18.9. The smallest absolute Gasteiger partial charge is 0.191 e. The van der Waals surface area contributed by atoms with Crippen LogP contribution < -0.4 is 0 Å². The lowest BCUT2D eigenvalue weighted by atomic mass is 9.95. The largest absolute Gasteiger partial charge is 0.303 e. The van der Waals surface area contributed by atoms with E-state index < -0.39 is 0 Å². The Hall–Kier alpha value is -2.11. The van der Waals surface area contributed by atoms with Crippen LogP contribution in [0, 0.1) is 0 Å². The third kappa shape index (κ3) is 4.12. The molecule has 1 fully saturated rings. The van der Waals surface area contributed by atoms with Crippen molar-refractivity contribution < 1.29 is 0 Å². The van der Waals surface area contributed by atoms with Gasteiger partial charge in [0.2, 0.25) is 0 Å². The summed E-state index contributed by atoms with van der Waals surface area (Å²) in [6.45, 7) is 0. The molecule has 1 aliphatic carbocycles. The van der Waals surface area contributed by atoms with Gasteiger partial charge in [-0.3, -0.25) is 0 Å². The number of nitrogens with zero attached hydrogens (tertiary/aromatic N) is 3. The normalized spacial score (nSPS) is 15.2. The summed E-state index contributed by atoms with van der Waals surface area (Å²) in [6.07, 6.45) is 7.37. The molecule has 2 heterocycles. The Morgan fingerprint density at radius 1 is 0.931 bits per heavy atom. The van der Waals surface area contributed by atoms with Gasteiger partial charge >= 0.3 is 0 Å². The van der Waals surface area contributed by atoms with E-state index in [0.717, 1.165) is 23.2 Å². The van der Waals surface area contributed by atoms with E-state index in [0.29, 0.717) is 6.04 Å². The second kappa shape index (κ2) is 8.72. The Balaban J connectivity index is 1.43. The van der Waals surface area contributed by atoms with Crippen LogP contribution in [0.5, 0.6) is 0 Å². The molecule has 0 atom stereocenters. The summed E-state index contributed by atoms with van der Waals surface area (Å²) < 4.78 is 2.47. The van der Waals surface area contributed by atoms with Crippen LogP contribution in [0.15, 0.2) is 65.1 Å². The number of aromatic nitrogens is 3. The Kier molecular flexibility index (Phi) is 5.68. The van der Waals surface area contributed by atoms with Gasteiger partial charge in [-0.25, -0.2) is 0 Å². The molecular weight excluding hydrogens is 394 g/mol. The predicted octanol–water partition coefficient (Wildman–Crippen LogP) is 6.88. The molecule has 29 heavy (non-hydrogen) atoms. The van der Waals surface area contributed by atoms with Crippen LogP contribution in [0.4, 0.5) is 0 Å². The predicted molar refractivity (Wildman–Crippen MR) is 123 cm³/mol. The van der Waals surface area contributed by atoms with Crippen molar-refractivity contribution in [2.75, 3.05) is 0 Å².